The number of nitrogen functional groups attached to an aromatic ring is 1. The largest absolute Gasteiger partial charge is 0.383 e. The molecule has 2 aromatic heterocycles. The number of aryl methyl sites for hydroxylation is 1. The van der Waals surface area contributed by atoms with Crippen molar-refractivity contribution in [3.63, 3.8) is 0 Å². The van der Waals surface area contributed by atoms with Crippen molar-refractivity contribution in [2.75, 3.05) is 5.73 Å². The highest BCUT2D eigenvalue weighted by Crippen LogP contribution is 2.06. The minimum absolute atomic E-state index is 0.227. The predicted octanol–water partition coefficient (Wildman–Crippen LogP) is 0.327. The Balaban J connectivity index is 2.04. The van der Waals surface area contributed by atoms with Gasteiger partial charge in [-0.25, -0.2) is 9.97 Å². The van der Waals surface area contributed by atoms with E-state index in [2.05, 4.69) is 15.3 Å². The number of rotatable bonds is 3. The van der Waals surface area contributed by atoms with Crippen molar-refractivity contribution < 1.29 is 4.79 Å². The van der Waals surface area contributed by atoms with Crippen LogP contribution in [0.4, 0.5) is 5.82 Å². The summed E-state index contributed by atoms with van der Waals surface area (Å²) >= 11 is 0. The van der Waals surface area contributed by atoms with Gasteiger partial charge in [0.15, 0.2) is 0 Å². The van der Waals surface area contributed by atoms with Crippen LogP contribution in [0.5, 0.6) is 0 Å². The van der Waals surface area contributed by atoms with E-state index in [1.165, 1.54) is 0 Å². The lowest BCUT2D eigenvalue weighted by Crippen LogP contribution is -2.25. The van der Waals surface area contributed by atoms with Crippen LogP contribution in [0.15, 0.2) is 30.7 Å². The highest BCUT2D eigenvalue weighted by atomic mass is 16.1. The minimum Gasteiger partial charge on any atom is -0.383 e. The molecule has 2 aromatic rings. The van der Waals surface area contributed by atoms with Gasteiger partial charge in [0, 0.05) is 25.6 Å². The molecule has 0 aromatic carbocycles. The summed E-state index contributed by atoms with van der Waals surface area (Å²) in [7, 11) is 1.87. The lowest BCUT2D eigenvalue weighted by atomic mass is 10.2. The average Bonchev–Trinajstić information content (AvgIpc) is 2.72. The zero-order valence-electron chi connectivity index (χ0n) is 9.42. The van der Waals surface area contributed by atoms with Gasteiger partial charge in [-0.2, -0.15) is 0 Å². The third-order valence-corrected chi connectivity index (χ3v) is 2.41. The first-order valence-corrected chi connectivity index (χ1v) is 5.13. The van der Waals surface area contributed by atoms with Crippen LogP contribution >= 0.6 is 0 Å². The van der Waals surface area contributed by atoms with Gasteiger partial charge >= 0.3 is 0 Å². The molecule has 0 aliphatic heterocycles. The standard InChI is InChI=1S/C11H13N5O/c1-16-6-5-13-9(16)7-15-11(17)8-3-2-4-14-10(8)12/h2-6H,7H2,1H3,(H2,12,14)(H,15,17). The van der Waals surface area contributed by atoms with Gasteiger partial charge in [-0.1, -0.05) is 0 Å². The van der Waals surface area contributed by atoms with E-state index >= 15 is 0 Å². The van der Waals surface area contributed by atoms with Crippen molar-refractivity contribution in [3.8, 4) is 0 Å². The van der Waals surface area contributed by atoms with E-state index in [4.69, 9.17) is 5.73 Å². The summed E-state index contributed by atoms with van der Waals surface area (Å²) in [5.74, 6) is 0.754. The number of pyridine rings is 1. The number of anilines is 1. The van der Waals surface area contributed by atoms with Gasteiger partial charge < -0.3 is 15.6 Å². The Morgan fingerprint density at radius 3 is 2.94 bits per heavy atom. The second-order valence-electron chi connectivity index (χ2n) is 3.57. The SMILES string of the molecule is Cn1ccnc1CNC(=O)c1cccnc1N. The molecule has 0 bridgehead atoms. The maximum Gasteiger partial charge on any atom is 0.255 e. The van der Waals surface area contributed by atoms with Gasteiger partial charge in [-0.3, -0.25) is 4.79 Å². The highest BCUT2D eigenvalue weighted by Gasteiger charge is 2.10. The summed E-state index contributed by atoms with van der Waals surface area (Å²) < 4.78 is 1.84. The van der Waals surface area contributed by atoms with E-state index in [1.54, 1.807) is 24.5 Å². The molecule has 0 unspecified atom stereocenters. The average molecular weight is 231 g/mol. The minimum atomic E-state index is -0.251. The molecule has 2 rings (SSSR count). The number of amides is 1. The third kappa shape index (κ3) is 2.41. The first-order valence-electron chi connectivity index (χ1n) is 5.13. The lowest BCUT2D eigenvalue weighted by molar-refractivity contribution is 0.0950. The van der Waals surface area contributed by atoms with E-state index in [0.29, 0.717) is 12.1 Å². The number of carbonyl (C=O) groups is 1. The molecule has 2 heterocycles. The summed E-state index contributed by atoms with van der Waals surface area (Å²) in [5, 5.41) is 2.74. The molecule has 0 spiro atoms. The fourth-order valence-electron chi connectivity index (χ4n) is 1.43. The Kier molecular flexibility index (Phi) is 3.04. The first-order chi connectivity index (χ1) is 8.18. The summed E-state index contributed by atoms with van der Waals surface area (Å²) in [4.78, 5) is 19.8. The molecule has 0 aliphatic carbocycles. The van der Waals surface area contributed by atoms with Crippen molar-refractivity contribution in [2.24, 2.45) is 7.05 Å². The maximum atomic E-state index is 11.8. The number of carbonyl (C=O) groups excluding carboxylic acids is 1. The molecule has 6 nitrogen and oxygen atoms in total. The van der Waals surface area contributed by atoms with Crippen LogP contribution in [0.2, 0.25) is 0 Å². The number of nitrogens with one attached hydrogen (secondary N) is 1. The van der Waals surface area contributed by atoms with Gasteiger partial charge in [0.25, 0.3) is 5.91 Å². The molecule has 0 radical (unpaired) electrons. The molecule has 0 saturated heterocycles. The number of hydrogen-bond donors (Lipinski definition) is 2. The zero-order chi connectivity index (χ0) is 12.3. The second-order valence-corrected chi connectivity index (χ2v) is 3.57. The molecular weight excluding hydrogens is 218 g/mol. The number of aromatic nitrogens is 3. The van der Waals surface area contributed by atoms with E-state index < -0.39 is 0 Å². The number of imidazole rings is 1. The van der Waals surface area contributed by atoms with Crippen LogP contribution in [0, 0.1) is 0 Å². The summed E-state index contributed by atoms with van der Waals surface area (Å²) in [6.07, 6.45) is 5.05. The Labute approximate surface area is 98.5 Å². The van der Waals surface area contributed by atoms with Gasteiger partial charge in [0.2, 0.25) is 0 Å². The first kappa shape index (κ1) is 11.1. The van der Waals surface area contributed by atoms with Crippen LogP contribution in [-0.4, -0.2) is 20.4 Å². The summed E-state index contributed by atoms with van der Waals surface area (Å²) in [6.45, 7) is 0.358. The second kappa shape index (κ2) is 4.65. The summed E-state index contributed by atoms with van der Waals surface area (Å²) in [6, 6.07) is 3.31. The molecule has 0 aliphatic rings. The molecule has 17 heavy (non-hydrogen) atoms. The van der Waals surface area contributed by atoms with Crippen LogP contribution in [0.1, 0.15) is 16.2 Å². The van der Waals surface area contributed by atoms with Gasteiger partial charge in [0.05, 0.1) is 12.1 Å². The Morgan fingerprint density at radius 2 is 2.29 bits per heavy atom. The summed E-state index contributed by atoms with van der Waals surface area (Å²) in [5.41, 5.74) is 5.98. The van der Waals surface area contributed by atoms with Crippen LogP contribution in [0.3, 0.4) is 0 Å². The fourth-order valence-corrected chi connectivity index (χ4v) is 1.43. The Morgan fingerprint density at radius 1 is 1.47 bits per heavy atom. The van der Waals surface area contributed by atoms with E-state index in [9.17, 15) is 4.79 Å². The van der Waals surface area contributed by atoms with Gasteiger partial charge in [0.1, 0.15) is 11.6 Å². The molecular formula is C11H13N5O. The van der Waals surface area contributed by atoms with Gasteiger partial charge in [-0.05, 0) is 12.1 Å². The Hall–Kier alpha value is -2.37. The predicted molar refractivity (Wildman–Crippen MR) is 63.0 cm³/mol. The number of nitrogens with zero attached hydrogens (tertiary/aromatic N) is 3. The van der Waals surface area contributed by atoms with E-state index in [1.807, 2.05) is 17.8 Å². The molecule has 0 atom stereocenters. The maximum absolute atomic E-state index is 11.8. The number of hydrogen-bond acceptors (Lipinski definition) is 4. The molecule has 1 amide bonds. The zero-order valence-corrected chi connectivity index (χ0v) is 9.42. The molecule has 3 N–H and O–H groups in total. The van der Waals surface area contributed by atoms with Crippen molar-refractivity contribution in [1.82, 2.24) is 19.9 Å². The normalized spacial score (nSPS) is 10.2. The van der Waals surface area contributed by atoms with Crippen molar-refractivity contribution >= 4 is 11.7 Å². The highest BCUT2D eigenvalue weighted by molar-refractivity contribution is 5.98. The van der Waals surface area contributed by atoms with Crippen LogP contribution < -0.4 is 11.1 Å². The van der Waals surface area contributed by atoms with Crippen molar-refractivity contribution in [3.05, 3.63) is 42.1 Å². The topological polar surface area (TPSA) is 85.8 Å². The van der Waals surface area contributed by atoms with Crippen molar-refractivity contribution in [2.45, 2.75) is 6.54 Å². The Bertz CT molecular complexity index is 534. The third-order valence-electron chi connectivity index (χ3n) is 2.41. The van der Waals surface area contributed by atoms with Crippen LogP contribution in [0.25, 0.3) is 0 Å². The lowest BCUT2D eigenvalue weighted by Gasteiger charge is -2.06. The van der Waals surface area contributed by atoms with E-state index in [0.717, 1.165) is 5.82 Å². The molecule has 6 heteroatoms. The quantitative estimate of drug-likeness (QED) is 0.797. The monoisotopic (exact) mass is 231 g/mol. The van der Waals surface area contributed by atoms with Crippen LogP contribution in [-0.2, 0) is 13.6 Å². The molecule has 88 valence electrons. The fraction of sp³-hybridized carbons (Fsp3) is 0.182. The number of nitrogens with two attached hydrogens (primary N) is 1. The van der Waals surface area contributed by atoms with Gasteiger partial charge in [-0.15, -0.1) is 0 Å². The molecule has 0 saturated carbocycles. The van der Waals surface area contributed by atoms with E-state index in [-0.39, 0.29) is 11.7 Å². The smallest absolute Gasteiger partial charge is 0.255 e. The molecule has 0 fully saturated rings. The van der Waals surface area contributed by atoms with Crippen molar-refractivity contribution in [1.29, 1.82) is 0 Å².